The molecule has 2 unspecified atom stereocenters. The molecule has 88 valence electrons. The van der Waals surface area contributed by atoms with Gasteiger partial charge in [0.1, 0.15) is 5.82 Å². The van der Waals surface area contributed by atoms with Crippen molar-refractivity contribution in [3.63, 3.8) is 0 Å². The van der Waals surface area contributed by atoms with Crippen LogP contribution in [-0.4, -0.2) is 26.7 Å². The van der Waals surface area contributed by atoms with E-state index < -0.39 is 5.82 Å². The Balaban J connectivity index is 2.32. The highest BCUT2D eigenvalue weighted by molar-refractivity contribution is 8.06. The van der Waals surface area contributed by atoms with Gasteiger partial charge in [-0.25, -0.2) is 14.4 Å². The van der Waals surface area contributed by atoms with Gasteiger partial charge in [-0.15, -0.1) is 11.8 Å². The standard InChI is InChI=1S/C10H14FN3S2/c1-5-7(11)9(12)14-10(13-5)8-6(2)15-3-4-16-8/h6,8H,3-4H2,1-2H3,(H2,12,13,14). The second kappa shape index (κ2) is 4.79. The van der Waals surface area contributed by atoms with Crippen molar-refractivity contribution in [2.24, 2.45) is 0 Å². The molecule has 0 spiro atoms. The molecule has 3 nitrogen and oxygen atoms in total. The van der Waals surface area contributed by atoms with Gasteiger partial charge in [0.2, 0.25) is 0 Å². The molecule has 1 saturated heterocycles. The average Bonchev–Trinajstić information content (AvgIpc) is 2.26. The van der Waals surface area contributed by atoms with E-state index in [9.17, 15) is 4.39 Å². The largest absolute Gasteiger partial charge is 0.381 e. The monoisotopic (exact) mass is 259 g/mol. The van der Waals surface area contributed by atoms with E-state index in [4.69, 9.17) is 5.73 Å². The van der Waals surface area contributed by atoms with Crippen molar-refractivity contribution in [1.82, 2.24) is 9.97 Å². The summed E-state index contributed by atoms with van der Waals surface area (Å²) in [5.74, 6) is 2.37. The molecule has 2 atom stereocenters. The number of hydrogen-bond acceptors (Lipinski definition) is 5. The van der Waals surface area contributed by atoms with E-state index in [1.807, 2.05) is 23.5 Å². The first-order chi connectivity index (χ1) is 7.59. The third-order valence-corrected chi connectivity index (χ3v) is 5.59. The Bertz CT molecular complexity index is 377. The molecule has 16 heavy (non-hydrogen) atoms. The minimum Gasteiger partial charge on any atom is -0.381 e. The fourth-order valence-corrected chi connectivity index (χ4v) is 4.34. The highest BCUT2D eigenvalue weighted by Crippen LogP contribution is 2.41. The Hall–Kier alpha value is -0.490. The van der Waals surface area contributed by atoms with Crippen LogP contribution < -0.4 is 5.73 Å². The van der Waals surface area contributed by atoms with E-state index >= 15 is 0 Å². The number of nitrogen functional groups attached to an aromatic ring is 1. The molecule has 6 heteroatoms. The zero-order valence-electron chi connectivity index (χ0n) is 9.24. The molecule has 1 aromatic heterocycles. The molecule has 0 radical (unpaired) electrons. The molecular formula is C10H14FN3S2. The fourth-order valence-electron chi connectivity index (χ4n) is 1.65. The summed E-state index contributed by atoms with van der Waals surface area (Å²) in [5.41, 5.74) is 5.87. The maximum absolute atomic E-state index is 13.3. The van der Waals surface area contributed by atoms with Crippen molar-refractivity contribution in [2.45, 2.75) is 24.3 Å². The summed E-state index contributed by atoms with van der Waals surface area (Å²) in [5, 5.41) is 0.670. The molecule has 0 amide bonds. The van der Waals surface area contributed by atoms with Gasteiger partial charge in [0.15, 0.2) is 11.6 Å². The van der Waals surface area contributed by atoms with Gasteiger partial charge in [-0.3, -0.25) is 0 Å². The number of halogens is 1. The Morgan fingerprint density at radius 3 is 2.62 bits per heavy atom. The van der Waals surface area contributed by atoms with Crippen LogP contribution in [0.5, 0.6) is 0 Å². The number of nitrogens with two attached hydrogens (primary N) is 1. The van der Waals surface area contributed by atoms with Crippen molar-refractivity contribution >= 4 is 29.3 Å². The molecule has 1 aliphatic heterocycles. The average molecular weight is 259 g/mol. The third kappa shape index (κ3) is 2.27. The van der Waals surface area contributed by atoms with E-state index in [0.29, 0.717) is 16.8 Å². The summed E-state index contributed by atoms with van der Waals surface area (Å²) in [4.78, 5) is 8.27. The van der Waals surface area contributed by atoms with Gasteiger partial charge in [0.05, 0.1) is 10.9 Å². The minimum absolute atomic E-state index is 0.0362. The van der Waals surface area contributed by atoms with Crippen molar-refractivity contribution in [1.29, 1.82) is 0 Å². The van der Waals surface area contributed by atoms with Gasteiger partial charge in [0, 0.05) is 16.8 Å². The van der Waals surface area contributed by atoms with Crippen LogP contribution in [-0.2, 0) is 0 Å². The first-order valence-electron chi connectivity index (χ1n) is 5.12. The number of rotatable bonds is 1. The van der Waals surface area contributed by atoms with E-state index in [0.717, 1.165) is 11.5 Å². The Labute approximate surface area is 103 Å². The van der Waals surface area contributed by atoms with Crippen LogP contribution in [0, 0.1) is 12.7 Å². The lowest BCUT2D eigenvalue weighted by Gasteiger charge is -2.26. The van der Waals surface area contributed by atoms with Crippen LogP contribution in [0.4, 0.5) is 10.2 Å². The minimum atomic E-state index is -0.495. The maximum Gasteiger partial charge on any atom is 0.186 e. The normalized spacial score (nSPS) is 25.7. The van der Waals surface area contributed by atoms with Gasteiger partial charge < -0.3 is 5.73 Å². The van der Waals surface area contributed by atoms with Crippen LogP contribution in [0.3, 0.4) is 0 Å². The summed E-state index contributed by atoms with van der Waals surface area (Å²) in [6, 6.07) is 0. The van der Waals surface area contributed by atoms with Gasteiger partial charge >= 0.3 is 0 Å². The van der Waals surface area contributed by atoms with Crippen molar-refractivity contribution < 1.29 is 4.39 Å². The zero-order chi connectivity index (χ0) is 11.7. The Morgan fingerprint density at radius 2 is 2.00 bits per heavy atom. The SMILES string of the molecule is Cc1nc(C2SCCSC2C)nc(N)c1F. The van der Waals surface area contributed by atoms with E-state index in [-0.39, 0.29) is 11.1 Å². The number of aromatic nitrogens is 2. The van der Waals surface area contributed by atoms with Crippen molar-refractivity contribution in [2.75, 3.05) is 17.2 Å². The topological polar surface area (TPSA) is 51.8 Å². The fraction of sp³-hybridized carbons (Fsp3) is 0.600. The molecular weight excluding hydrogens is 245 g/mol. The lowest BCUT2D eigenvalue weighted by Crippen LogP contribution is -2.19. The first-order valence-corrected chi connectivity index (χ1v) is 7.22. The summed E-state index contributed by atoms with van der Waals surface area (Å²) in [7, 11) is 0. The van der Waals surface area contributed by atoms with Crippen LogP contribution >= 0.6 is 23.5 Å². The highest BCUT2D eigenvalue weighted by Gasteiger charge is 2.27. The van der Waals surface area contributed by atoms with Crippen LogP contribution in [0.2, 0.25) is 0 Å². The van der Waals surface area contributed by atoms with Crippen molar-refractivity contribution in [3.8, 4) is 0 Å². The predicted molar refractivity (Wildman–Crippen MR) is 68.3 cm³/mol. The van der Waals surface area contributed by atoms with Crippen LogP contribution in [0.25, 0.3) is 0 Å². The molecule has 1 fully saturated rings. The molecule has 0 bridgehead atoms. The number of nitrogens with zero attached hydrogens (tertiary/aromatic N) is 2. The van der Waals surface area contributed by atoms with Crippen LogP contribution in [0.1, 0.15) is 23.7 Å². The predicted octanol–water partition coefficient (Wildman–Crippen LogP) is 2.42. The zero-order valence-corrected chi connectivity index (χ0v) is 10.9. The smallest absolute Gasteiger partial charge is 0.186 e. The molecule has 2 rings (SSSR count). The van der Waals surface area contributed by atoms with E-state index in [2.05, 4.69) is 16.9 Å². The first kappa shape index (κ1) is 12.0. The molecule has 2 N–H and O–H groups in total. The molecule has 1 aromatic rings. The number of anilines is 1. The molecule has 0 aromatic carbocycles. The molecule has 0 aliphatic carbocycles. The van der Waals surface area contributed by atoms with Gasteiger partial charge in [-0.05, 0) is 6.92 Å². The maximum atomic E-state index is 13.3. The Kier molecular flexibility index (Phi) is 3.59. The highest BCUT2D eigenvalue weighted by atomic mass is 32.2. The van der Waals surface area contributed by atoms with Gasteiger partial charge in [-0.2, -0.15) is 11.8 Å². The number of aryl methyl sites for hydroxylation is 1. The number of hydrogen-bond donors (Lipinski definition) is 1. The quantitative estimate of drug-likeness (QED) is 0.839. The van der Waals surface area contributed by atoms with E-state index in [1.165, 1.54) is 0 Å². The molecule has 2 heterocycles. The van der Waals surface area contributed by atoms with Crippen molar-refractivity contribution in [3.05, 3.63) is 17.3 Å². The van der Waals surface area contributed by atoms with Crippen LogP contribution in [0.15, 0.2) is 0 Å². The lowest BCUT2D eigenvalue weighted by molar-refractivity contribution is 0.601. The summed E-state index contributed by atoms with van der Waals surface area (Å²) >= 11 is 3.73. The second-order valence-corrected chi connectivity index (χ2v) is 6.47. The lowest BCUT2D eigenvalue weighted by atomic mass is 10.3. The third-order valence-electron chi connectivity index (χ3n) is 2.50. The van der Waals surface area contributed by atoms with E-state index in [1.54, 1.807) is 6.92 Å². The summed E-state index contributed by atoms with van der Waals surface area (Å²) < 4.78 is 13.3. The molecule has 1 aliphatic rings. The Morgan fingerprint density at radius 1 is 1.31 bits per heavy atom. The molecule has 0 saturated carbocycles. The summed E-state index contributed by atoms with van der Waals surface area (Å²) in [6.45, 7) is 3.78. The summed E-state index contributed by atoms with van der Waals surface area (Å²) in [6.07, 6.45) is 0. The van der Waals surface area contributed by atoms with Gasteiger partial charge in [0.25, 0.3) is 0 Å². The second-order valence-electron chi connectivity index (χ2n) is 3.73. The number of thioether (sulfide) groups is 2. The van der Waals surface area contributed by atoms with Gasteiger partial charge in [-0.1, -0.05) is 6.92 Å².